The van der Waals surface area contributed by atoms with Crippen LogP contribution < -0.4 is 0 Å². The van der Waals surface area contributed by atoms with Gasteiger partial charge in [-0.25, -0.2) is 19.2 Å². The molecule has 0 bridgehead atoms. The highest BCUT2D eigenvalue weighted by Crippen LogP contribution is 2.06. The molecular formula is C17H23NO9. The first-order chi connectivity index (χ1) is 13.0. The molecule has 1 saturated heterocycles. The van der Waals surface area contributed by atoms with Crippen molar-refractivity contribution in [2.24, 2.45) is 0 Å². The fraction of sp³-hybridized carbons (Fsp3) is 0.529. The minimum absolute atomic E-state index is 0.0572. The smallest absolute Gasteiger partial charge is 0.331 e. The van der Waals surface area contributed by atoms with E-state index in [4.69, 9.17) is 14.2 Å². The van der Waals surface area contributed by atoms with Gasteiger partial charge in [0.15, 0.2) is 0 Å². The molecule has 0 saturated carbocycles. The zero-order valence-corrected chi connectivity index (χ0v) is 15.3. The summed E-state index contributed by atoms with van der Waals surface area (Å²) >= 11 is 0. The monoisotopic (exact) mass is 385 g/mol. The number of esters is 4. The van der Waals surface area contributed by atoms with Gasteiger partial charge in [0.05, 0.1) is 33.5 Å². The van der Waals surface area contributed by atoms with Crippen LogP contribution in [0.5, 0.6) is 0 Å². The topological polar surface area (TPSA) is 118 Å². The average molecular weight is 385 g/mol. The van der Waals surface area contributed by atoms with Crippen molar-refractivity contribution in [2.75, 3.05) is 53.7 Å². The van der Waals surface area contributed by atoms with Crippen LogP contribution in [0.1, 0.15) is 0 Å². The lowest BCUT2D eigenvalue weighted by Crippen LogP contribution is -2.48. The normalized spacial score (nSPS) is 15.1. The maximum atomic E-state index is 11.7. The third-order valence-corrected chi connectivity index (χ3v) is 3.51. The van der Waals surface area contributed by atoms with E-state index >= 15 is 0 Å². The highest BCUT2D eigenvalue weighted by atomic mass is 16.6. The first-order valence-electron chi connectivity index (χ1n) is 8.13. The molecule has 10 nitrogen and oxygen atoms in total. The predicted molar refractivity (Wildman–Crippen MR) is 90.4 cm³/mol. The molecule has 0 aromatic rings. The number of morpholine rings is 1. The summed E-state index contributed by atoms with van der Waals surface area (Å²) in [6, 6.07) is -0.403. The van der Waals surface area contributed by atoms with Gasteiger partial charge >= 0.3 is 23.9 Å². The van der Waals surface area contributed by atoms with Crippen molar-refractivity contribution in [1.82, 2.24) is 4.90 Å². The Balaban J connectivity index is 2.57. The number of methoxy groups -OCH3 is 2. The first kappa shape index (κ1) is 22.3. The average Bonchev–Trinajstić information content (AvgIpc) is 2.70. The molecule has 0 aromatic heterocycles. The Bertz CT molecular complexity index is 537. The van der Waals surface area contributed by atoms with Gasteiger partial charge in [0.1, 0.15) is 13.2 Å². The Hall–Kier alpha value is -2.72. The summed E-state index contributed by atoms with van der Waals surface area (Å²) in [5.74, 6) is -2.81. The maximum absolute atomic E-state index is 11.7. The van der Waals surface area contributed by atoms with Crippen molar-refractivity contribution in [2.45, 2.75) is 6.04 Å². The van der Waals surface area contributed by atoms with E-state index in [0.717, 1.165) is 24.3 Å². The van der Waals surface area contributed by atoms with Gasteiger partial charge in [0.25, 0.3) is 0 Å². The molecule has 10 heteroatoms. The number of hydrogen-bond acceptors (Lipinski definition) is 10. The molecule has 0 amide bonds. The third kappa shape index (κ3) is 9.52. The van der Waals surface area contributed by atoms with Gasteiger partial charge in [-0.05, 0) is 0 Å². The Kier molecular flexibility index (Phi) is 10.4. The van der Waals surface area contributed by atoms with Gasteiger partial charge in [-0.2, -0.15) is 0 Å². The minimum atomic E-state index is -0.726. The largest absolute Gasteiger partial charge is 0.466 e. The van der Waals surface area contributed by atoms with Crippen LogP contribution >= 0.6 is 0 Å². The maximum Gasteiger partial charge on any atom is 0.331 e. The Morgan fingerprint density at radius 1 is 0.815 bits per heavy atom. The molecule has 0 radical (unpaired) electrons. The van der Waals surface area contributed by atoms with Gasteiger partial charge in [-0.15, -0.1) is 0 Å². The van der Waals surface area contributed by atoms with Crippen LogP contribution in [0.2, 0.25) is 0 Å². The third-order valence-electron chi connectivity index (χ3n) is 3.51. The van der Waals surface area contributed by atoms with Gasteiger partial charge in [0, 0.05) is 37.4 Å². The van der Waals surface area contributed by atoms with Crippen LogP contribution in [0.25, 0.3) is 0 Å². The summed E-state index contributed by atoms with van der Waals surface area (Å²) in [7, 11) is 2.38. The Morgan fingerprint density at radius 3 is 1.63 bits per heavy atom. The molecule has 150 valence electrons. The predicted octanol–water partition coefficient (Wildman–Crippen LogP) is -0.768. The van der Waals surface area contributed by atoms with Crippen LogP contribution in [0.15, 0.2) is 24.3 Å². The van der Waals surface area contributed by atoms with Crippen LogP contribution in [0.3, 0.4) is 0 Å². The minimum Gasteiger partial charge on any atom is -0.466 e. The summed E-state index contributed by atoms with van der Waals surface area (Å²) in [5.41, 5.74) is 0. The SMILES string of the molecule is COC(=O)/C=C/C(=O)OCC(COC(=O)/C=C/C(=O)OC)N1CCOCC1. The number of ether oxygens (including phenoxy) is 5. The molecule has 27 heavy (non-hydrogen) atoms. The number of nitrogens with zero attached hydrogens (tertiary/aromatic N) is 1. The first-order valence-corrected chi connectivity index (χ1v) is 8.13. The van der Waals surface area contributed by atoms with E-state index in [-0.39, 0.29) is 13.2 Å². The number of carbonyl (C=O) groups excluding carboxylic acids is 4. The molecule has 1 rings (SSSR count). The van der Waals surface area contributed by atoms with Crippen molar-refractivity contribution in [3.8, 4) is 0 Å². The highest BCUT2D eigenvalue weighted by Gasteiger charge is 2.23. The molecule has 0 aromatic carbocycles. The van der Waals surface area contributed by atoms with E-state index in [9.17, 15) is 19.2 Å². The summed E-state index contributed by atoms with van der Waals surface area (Å²) < 4.78 is 24.2. The molecule has 0 unspecified atom stereocenters. The summed E-state index contributed by atoms with van der Waals surface area (Å²) in [6.07, 6.45) is 3.80. The molecule has 0 N–H and O–H groups in total. The molecule has 0 atom stereocenters. The van der Waals surface area contributed by atoms with Crippen LogP contribution in [-0.2, 0) is 42.9 Å². The molecule has 0 aliphatic carbocycles. The van der Waals surface area contributed by atoms with Gasteiger partial charge in [-0.3, -0.25) is 4.90 Å². The molecular weight excluding hydrogens is 362 g/mol. The van der Waals surface area contributed by atoms with E-state index in [0.29, 0.717) is 26.3 Å². The lowest BCUT2D eigenvalue weighted by molar-refractivity contribution is -0.146. The molecule has 1 aliphatic rings. The number of hydrogen-bond donors (Lipinski definition) is 0. The quantitative estimate of drug-likeness (QED) is 0.284. The summed E-state index contributed by atoms with van der Waals surface area (Å²) in [6.45, 7) is 2.05. The van der Waals surface area contributed by atoms with E-state index in [2.05, 4.69) is 9.47 Å². The lowest BCUT2D eigenvalue weighted by atomic mass is 10.2. The van der Waals surface area contributed by atoms with Gasteiger partial charge in [-0.1, -0.05) is 0 Å². The van der Waals surface area contributed by atoms with Crippen LogP contribution in [0, 0.1) is 0 Å². The Labute approximate surface area is 156 Å². The number of rotatable bonds is 9. The second-order valence-electron chi connectivity index (χ2n) is 5.28. The molecule has 1 aliphatic heterocycles. The van der Waals surface area contributed by atoms with Gasteiger partial charge < -0.3 is 23.7 Å². The van der Waals surface area contributed by atoms with Crippen LogP contribution in [-0.4, -0.2) is 88.6 Å². The molecule has 0 spiro atoms. The zero-order chi connectivity index (χ0) is 20.1. The van der Waals surface area contributed by atoms with Crippen molar-refractivity contribution >= 4 is 23.9 Å². The van der Waals surface area contributed by atoms with E-state index in [1.165, 1.54) is 14.2 Å². The highest BCUT2D eigenvalue weighted by molar-refractivity contribution is 5.92. The van der Waals surface area contributed by atoms with E-state index in [1.807, 2.05) is 4.90 Å². The van der Waals surface area contributed by atoms with Crippen molar-refractivity contribution < 1.29 is 42.9 Å². The summed E-state index contributed by atoms with van der Waals surface area (Å²) in [4.78, 5) is 47.2. The van der Waals surface area contributed by atoms with Crippen molar-refractivity contribution in [3.63, 3.8) is 0 Å². The summed E-state index contributed by atoms with van der Waals surface area (Å²) in [5, 5.41) is 0. The number of carbonyl (C=O) groups is 4. The fourth-order valence-electron chi connectivity index (χ4n) is 2.06. The molecule has 1 heterocycles. The molecule has 1 fully saturated rings. The zero-order valence-electron chi connectivity index (χ0n) is 15.3. The van der Waals surface area contributed by atoms with Gasteiger partial charge in [0.2, 0.25) is 0 Å². The standard InChI is InChI=1S/C17H23NO9/c1-23-14(19)3-5-16(21)26-11-13(18-7-9-25-10-8-18)12-27-17(22)6-4-15(20)24-2/h3-6,13H,7-12H2,1-2H3/b5-3+,6-4+. The van der Waals surface area contributed by atoms with Crippen molar-refractivity contribution in [3.05, 3.63) is 24.3 Å². The van der Waals surface area contributed by atoms with E-state index in [1.54, 1.807) is 0 Å². The Morgan fingerprint density at radius 2 is 1.22 bits per heavy atom. The second kappa shape index (κ2) is 12.6. The second-order valence-corrected chi connectivity index (χ2v) is 5.28. The van der Waals surface area contributed by atoms with Crippen molar-refractivity contribution in [1.29, 1.82) is 0 Å². The fourth-order valence-corrected chi connectivity index (χ4v) is 2.06. The van der Waals surface area contributed by atoms with E-state index < -0.39 is 29.9 Å². The lowest BCUT2D eigenvalue weighted by Gasteiger charge is -2.33. The van der Waals surface area contributed by atoms with Crippen LogP contribution in [0.4, 0.5) is 0 Å².